The van der Waals surface area contributed by atoms with Crippen LogP contribution in [0.15, 0.2) is 18.2 Å². The lowest BCUT2D eigenvalue weighted by Crippen LogP contribution is -2.36. The molecule has 2 heterocycles. The highest BCUT2D eigenvalue weighted by Crippen LogP contribution is 2.30. The van der Waals surface area contributed by atoms with Crippen molar-refractivity contribution >= 4 is 11.9 Å². The third-order valence-corrected chi connectivity index (χ3v) is 6.65. The average Bonchev–Trinajstić information content (AvgIpc) is 3.20. The standard InChI is InChI=1S/C23H32N2O4/c1-28-23(27)19-8-10-24(11-9-19)15-17-6-7-21-20(14-17)16-25(12-13-29-21)22(26)18-4-2-3-5-18/h6-7,14,18-19H,2-5,8-13,15-16H2,1H3. The molecule has 1 aromatic carbocycles. The van der Waals surface area contributed by atoms with Crippen LogP contribution < -0.4 is 4.74 Å². The lowest BCUT2D eigenvalue weighted by atomic mass is 9.96. The van der Waals surface area contributed by atoms with E-state index in [1.165, 1.54) is 25.5 Å². The van der Waals surface area contributed by atoms with Gasteiger partial charge in [-0.1, -0.05) is 18.9 Å². The van der Waals surface area contributed by atoms with Crippen LogP contribution in [0, 0.1) is 11.8 Å². The first-order valence-corrected chi connectivity index (χ1v) is 11.0. The Bertz CT molecular complexity index is 736. The second-order valence-electron chi connectivity index (χ2n) is 8.61. The van der Waals surface area contributed by atoms with E-state index in [0.29, 0.717) is 25.6 Å². The molecule has 2 aliphatic heterocycles. The maximum absolute atomic E-state index is 12.9. The number of carbonyl (C=O) groups excluding carboxylic acids is 2. The summed E-state index contributed by atoms with van der Waals surface area (Å²) in [6.45, 7) is 4.53. The predicted octanol–water partition coefficient (Wildman–Crippen LogP) is 2.98. The van der Waals surface area contributed by atoms with Crippen molar-refractivity contribution in [3.8, 4) is 5.75 Å². The van der Waals surface area contributed by atoms with Gasteiger partial charge in [0, 0.05) is 24.6 Å². The van der Waals surface area contributed by atoms with E-state index in [-0.39, 0.29) is 17.8 Å². The second-order valence-corrected chi connectivity index (χ2v) is 8.61. The van der Waals surface area contributed by atoms with Gasteiger partial charge in [0.15, 0.2) is 0 Å². The number of ether oxygens (including phenoxy) is 2. The number of methoxy groups -OCH3 is 1. The van der Waals surface area contributed by atoms with Crippen LogP contribution in [0.4, 0.5) is 0 Å². The topological polar surface area (TPSA) is 59.1 Å². The van der Waals surface area contributed by atoms with Crippen molar-refractivity contribution in [2.45, 2.75) is 51.6 Å². The van der Waals surface area contributed by atoms with Crippen molar-refractivity contribution in [1.29, 1.82) is 0 Å². The van der Waals surface area contributed by atoms with Gasteiger partial charge in [0.1, 0.15) is 12.4 Å². The van der Waals surface area contributed by atoms with Crippen LogP contribution in [0.5, 0.6) is 5.75 Å². The third-order valence-electron chi connectivity index (χ3n) is 6.65. The lowest BCUT2D eigenvalue weighted by molar-refractivity contribution is -0.147. The van der Waals surface area contributed by atoms with Gasteiger partial charge >= 0.3 is 5.97 Å². The Balaban J connectivity index is 1.39. The Kier molecular flexibility index (Phi) is 6.38. The minimum Gasteiger partial charge on any atom is -0.491 e. The summed E-state index contributed by atoms with van der Waals surface area (Å²) in [7, 11) is 1.47. The van der Waals surface area contributed by atoms with Gasteiger partial charge in [-0.2, -0.15) is 0 Å². The largest absolute Gasteiger partial charge is 0.491 e. The average molecular weight is 401 g/mol. The number of hydrogen-bond donors (Lipinski definition) is 0. The first kappa shape index (κ1) is 20.2. The second kappa shape index (κ2) is 9.16. The summed E-state index contributed by atoms with van der Waals surface area (Å²) in [6, 6.07) is 6.37. The molecule has 0 bridgehead atoms. The van der Waals surface area contributed by atoms with E-state index in [1.54, 1.807) is 0 Å². The number of piperidine rings is 1. The van der Waals surface area contributed by atoms with Gasteiger partial charge in [-0.05, 0) is 56.5 Å². The third kappa shape index (κ3) is 4.74. The highest BCUT2D eigenvalue weighted by atomic mass is 16.5. The van der Waals surface area contributed by atoms with E-state index in [2.05, 4.69) is 23.1 Å². The van der Waals surface area contributed by atoms with Crippen LogP contribution >= 0.6 is 0 Å². The van der Waals surface area contributed by atoms with Crippen LogP contribution in [0.1, 0.15) is 49.7 Å². The van der Waals surface area contributed by atoms with Crippen LogP contribution in [0.2, 0.25) is 0 Å². The molecule has 1 saturated heterocycles. The Morgan fingerprint density at radius 3 is 2.55 bits per heavy atom. The molecule has 1 saturated carbocycles. The van der Waals surface area contributed by atoms with Crippen molar-refractivity contribution in [3.05, 3.63) is 29.3 Å². The van der Waals surface area contributed by atoms with Gasteiger partial charge in [-0.25, -0.2) is 0 Å². The van der Waals surface area contributed by atoms with Crippen LogP contribution in [0.3, 0.4) is 0 Å². The van der Waals surface area contributed by atoms with E-state index in [0.717, 1.165) is 56.6 Å². The Morgan fingerprint density at radius 1 is 1.07 bits per heavy atom. The fraction of sp³-hybridized carbons (Fsp3) is 0.652. The minimum absolute atomic E-state index is 0.0341. The molecule has 4 rings (SSSR count). The van der Waals surface area contributed by atoms with Gasteiger partial charge in [-0.3, -0.25) is 14.5 Å². The molecule has 158 valence electrons. The molecule has 0 N–H and O–H groups in total. The number of esters is 1. The van der Waals surface area contributed by atoms with E-state index in [1.807, 2.05) is 4.90 Å². The highest BCUT2D eigenvalue weighted by molar-refractivity contribution is 5.79. The number of rotatable bonds is 4. The number of benzene rings is 1. The maximum Gasteiger partial charge on any atom is 0.308 e. The molecule has 0 unspecified atom stereocenters. The van der Waals surface area contributed by atoms with Crippen molar-refractivity contribution < 1.29 is 19.1 Å². The summed E-state index contributed by atoms with van der Waals surface area (Å²) in [5, 5.41) is 0. The Labute approximate surface area is 173 Å². The van der Waals surface area contributed by atoms with Gasteiger partial charge in [0.2, 0.25) is 5.91 Å². The van der Waals surface area contributed by atoms with E-state index in [4.69, 9.17) is 9.47 Å². The first-order valence-electron chi connectivity index (χ1n) is 11.0. The van der Waals surface area contributed by atoms with Crippen LogP contribution in [-0.2, 0) is 27.4 Å². The van der Waals surface area contributed by atoms with Crippen LogP contribution in [-0.4, -0.2) is 55.0 Å². The summed E-state index contributed by atoms with van der Waals surface area (Å²) in [5.74, 6) is 1.36. The summed E-state index contributed by atoms with van der Waals surface area (Å²) < 4.78 is 10.8. The Hall–Kier alpha value is -2.08. The normalized spacial score (nSPS) is 21.3. The number of nitrogens with zero attached hydrogens (tertiary/aromatic N) is 2. The molecule has 1 amide bonds. The number of hydrogen-bond acceptors (Lipinski definition) is 5. The molecule has 0 aromatic heterocycles. The van der Waals surface area contributed by atoms with Crippen molar-refractivity contribution in [2.75, 3.05) is 33.4 Å². The van der Waals surface area contributed by atoms with Gasteiger partial charge < -0.3 is 14.4 Å². The van der Waals surface area contributed by atoms with Crippen molar-refractivity contribution in [2.24, 2.45) is 11.8 Å². The van der Waals surface area contributed by atoms with Crippen molar-refractivity contribution in [3.63, 3.8) is 0 Å². The summed E-state index contributed by atoms with van der Waals surface area (Å²) in [5.41, 5.74) is 2.34. The minimum atomic E-state index is -0.0844. The predicted molar refractivity (Wildman–Crippen MR) is 109 cm³/mol. The zero-order valence-corrected chi connectivity index (χ0v) is 17.4. The first-order chi connectivity index (χ1) is 14.1. The van der Waals surface area contributed by atoms with E-state index >= 15 is 0 Å². The summed E-state index contributed by atoms with van der Waals surface area (Å²) in [6.07, 6.45) is 6.12. The van der Waals surface area contributed by atoms with E-state index < -0.39 is 0 Å². The SMILES string of the molecule is COC(=O)C1CCN(Cc2ccc3c(c2)CN(C(=O)C2CCCC2)CCO3)CC1. The molecule has 2 fully saturated rings. The molecule has 6 heteroatoms. The Morgan fingerprint density at radius 2 is 1.83 bits per heavy atom. The molecule has 29 heavy (non-hydrogen) atoms. The monoisotopic (exact) mass is 400 g/mol. The summed E-state index contributed by atoms with van der Waals surface area (Å²) >= 11 is 0. The highest BCUT2D eigenvalue weighted by Gasteiger charge is 2.29. The number of carbonyl (C=O) groups is 2. The van der Waals surface area contributed by atoms with Crippen LogP contribution in [0.25, 0.3) is 0 Å². The van der Waals surface area contributed by atoms with E-state index in [9.17, 15) is 9.59 Å². The maximum atomic E-state index is 12.9. The molecule has 0 spiro atoms. The molecule has 3 aliphatic rings. The fourth-order valence-electron chi connectivity index (χ4n) is 4.92. The molecule has 1 aromatic rings. The van der Waals surface area contributed by atoms with Gasteiger partial charge in [-0.15, -0.1) is 0 Å². The molecule has 0 atom stereocenters. The number of likely N-dealkylation sites (tertiary alicyclic amines) is 1. The fourth-order valence-corrected chi connectivity index (χ4v) is 4.92. The quantitative estimate of drug-likeness (QED) is 0.728. The number of amides is 1. The molecule has 1 aliphatic carbocycles. The molecular formula is C23H32N2O4. The summed E-state index contributed by atoms with van der Waals surface area (Å²) in [4.78, 5) is 29.0. The number of fused-ring (bicyclic) bond motifs is 1. The molecule has 0 radical (unpaired) electrons. The zero-order chi connectivity index (χ0) is 20.2. The molecular weight excluding hydrogens is 368 g/mol. The smallest absolute Gasteiger partial charge is 0.308 e. The van der Waals surface area contributed by atoms with Gasteiger partial charge in [0.05, 0.1) is 19.6 Å². The van der Waals surface area contributed by atoms with Crippen molar-refractivity contribution in [1.82, 2.24) is 9.80 Å². The lowest BCUT2D eigenvalue weighted by Gasteiger charge is -2.30. The zero-order valence-electron chi connectivity index (χ0n) is 17.4. The van der Waals surface area contributed by atoms with Gasteiger partial charge in [0.25, 0.3) is 0 Å². The molecule has 6 nitrogen and oxygen atoms in total.